The number of hydrogen-bond donors (Lipinski definition) is 1. The molecular formula is C23H22F3NO4S. The van der Waals surface area contributed by atoms with Gasteiger partial charge in [0, 0.05) is 22.6 Å². The molecule has 0 radical (unpaired) electrons. The van der Waals surface area contributed by atoms with Crippen molar-refractivity contribution in [1.29, 1.82) is 5.26 Å². The van der Waals surface area contributed by atoms with Crippen LogP contribution in [-0.4, -0.2) is 30.0 Å². The van der Waals surface area contributed by atoms with Crippen molar-refractivity contribution >= 4 is 17.7 Å². The summed E-state index contributed by atoms with van der Waals surface area (Å²) in [6.45, 7) is 1.68. The maximum Gasteiger partial charge on any atom is 0.416 e. The zero-order valence-electron chi connectivity index (χ0n) is 17.3. The van der Waals surface area contributed by atoms with Crippen LogP contribution >= 0.6 is 11.8 Å². The average Bonchev–Trinajstić information content (AvgIpc) is 2.74. The second-order valence-corrected chi connectivity index (χ2v) is 7.98. The lowest BCUT2D eigenvalue weighted by Gasteiger charge is -2.17. The van der Waals surface area contributed by atoms with Crippen LogP contribution in [0.25, 0.3) is 0 Å². The molecule has 1 N–H and O–H groups in total. The molecule has 32 heavy (non-hydrogen) atoms. The van der Waals surface area contributed by atoms with Crippen LogP contribution in [0.2, 0.25) is 0 Å². The van der Waals surface area contributed by atoms with Gasteiger partial charge < -0.3 is 14.6 Å². The van der Waals surface area contributed by atoms with Crippen LogP contribution in [0.5, 0.6) is 11.5 Å². The molecular weight excluding hydrogens is 443 g/mol. The number of nitrogens with zero attached hydrogens (tertiary/aromatic N) is 1. The van der Waals surface area contributed by atoms with Gasteiger partial charge in [-0.15, -0.1) is 11.8 Å². The van der Waals surface area contributed by atoms with Crippen molar-refractivity contribution in [2.45, 2.75) is 24.4 Å². The highest BCUT2D eigenvalue weighted by Gasteiger charge is 2.30. The number of allylic oxidation sites excluding steroid dienone is 2. The predicted octanol–water partition coefficient (Wildman–Crippen LogP) is 5.73. The molecule has 0 bridgehead atoms. The summed E-state index contributed by atoms with van der Waals surface area (Å²) in [5.74, 6) is 0.439. The van der Waals surface area contributed by atoms with E-state index in [0.717, 1.165) is 22.6 Å². The zero-order valence-corrected chi connectivity index (χ0v) is 18.1. The van der Waals surface area contributed by atoms with E-state index in [1.807, 2.05) is 25.1 Å². The molecule has 0 aliphatic heterocycles. The van der Waals surface area contributed by atoms with Gasteiger partial charge in [0.25, 0.3) is 0 Å². The number of rotatable bonds is 11. The van der Waals surface area contributed by atoms with E-state index in [1.165, 1.54) is 18.2 Å². The Morgan fingerprint density at radius 1 is 1.22 bits per heavy atom. The van der Waals surface area contributed by atoms with Gasteiger partial charge in [-0.05, 0) is 61.4 Å². The molecule has 170 valence electrons. The summed E-state index contributed by atoms with van der Waals surface area (Å²) in [7, 11) is 0. The summed E-state index contributed by atoms with van der Waals surface area (Å²) in [5, 5.41) is 17.4. The number of aryl methyl sites for hydroxylation is 1. The Balaban J connectivity index is 1.97. The zero-order chi connectivity index (χ0) is 23.6. The van der Waals surface area contributed by atoms with Crippen LogP contribution in [0.1, 0.15) is 17.5 Å². The van der Waals surface area contributed by atoms with E-state index in [2.05, 4.69) is 0 Å². The van der Waals surface area contributed by atoms with Crippen molar-refractivity contribution in [2.24, 2.45) is 5.92 Å². The van der Waals surface area contributed by atoms with E-state index in [1.54, 1.807) is 23.9 Å². The number of ether oxygens (including phenoxy) is 2. The maximum atomic E-state index is 12.7. The van der Waals surface area contributed by atoms with Gasteiger partial charge in [-0.2, -0.15) is 18.4 Å². The number of aliphatic carboxylic acids is 1. The van der Waals surface area contributed by atoms with Crippen LogP contribution in [0.15, 0.2) is 59.5 Å². The Kier molecular flexibility index (Phi) is 9.47. The molecule has 0 amide bonds. The standard InChI is InChI=1S/C23H22F3NO4S/c1-16-12-20(9-10-21(16)31-14-22(28)29)32-15-17(4-2-3-11-27)13-30-19-7-5-18(6-8-19)23(24,25)26/h2-3,5-10,12,17H,4,13-15H2,1H3,(H,28,29). The van der Waals surface area contributed by atoms with Gasteiger partial charge in [0.05, 0.1) is 18.2 Å². The summed E-state index contributed by atoms with van der Waals surface area (Å²) >= 11 is 1.56. The molecule has 2 rings (SSSR count). The van der Waals surface area contributed by atoms with E-state index >= 15 is 0 Å². The smallest absolute Gasteiger partial charge is 0.416 e. The largest absolute Gasteiger partial charge is 0.493 e. The average molecular weight is 465 g/mol. The Morgan fingerprint density at radius 3 is 2.53 bits per heavy atom. The fourth-order valence-electron chi connectivity index (χ4n) is 2.68. The lowest BCUT2D eigenvalue weighted by Crippen LogP contribution is -2.14. The summed E-state index contributed by atoms with van der Waals surface area (Å²) in [4.78, 5) is 11.6. The molecule has 0 spiro atoms. The number of hydrogen-bond acceptors (Lipinski definition) is 5. The van der Waals surface area contributed by atoms with Crippen molar-refractivity contribution in [3.8, 4) is 17.6 Å². The molecule has 0 saturated carbocycles. The third-order valence-electron chi connectivity index (χ3n) is 4.31. The van der Waals surface area contributed by atoms with Gasteiger partial charge in [0.15, 0.2) is 6.61 Å². The van der Waals surface area contributed by atoms with Crippen molar-refractivity contribution in [2.75, 3.05) is 19.0 Å². The minimum atomic E-state index is -4.40. The van der Waals surface area contributed by atoms with Crippen molar-refractivity contribution in [1.82, 2.24) is 0 Å². The molecule has 1 atom stereocenters. The van der Waals surface area contributed by atoms with Gasteiger partial charge in [0.2, 0.25) is 0 Å². The third kappa shape index (κ3) is 8.55. The Morgan fingerprint density at radius 2 is 1.94 bits per heavy atom. The van der Waals surface area contributed by atoms with Crippen LogP contribution in [0.4, 0.5) is 13.2 Å². The van der Waals surface area contributed by atoms with Crippen molar-refractivity contribution in [3.63, 3.8) is 0 Å². The molecule has 9 heteroatoms. The SMILES string of the molecule is Cc1cc(SCC(CC=CC#N)COc2ccc(C(F)(F)F)cc2)ccc1OCC(=O)O. The molecule has 0 aromatic heterocycles. The fraction of sp³-hybridized carbons (Fsp3) is 0.304. The highest BCUT2D eigenvalue weighted by Crippen LogP contribution is 2.31. The Labute approximate surface area is 188 Å². The number of benzene rings is 2. The van der Waals surface area contributed by atoms with Crippen LogP contribution in [0.3, 0.4) is 0 Å². The first kappa shape index (κ1) is 25.1. The molecule has 2 aromatic carbocycles. The normalized spacial score (nSPS) is 12.3. The van der Waals surface area contributed by atoms with Crippen LogP contribution < -0.4 is 9.47 Å². The number of carboxylic acid groups (broad SMARTS) is 1. The molecule has 5 nitrogen and oxygen atoms in total. The highest BCUT2D eigenvalue weighted by molar-refractivity contribution is 7.99. The number of alkyl halides is 3. The summed E-state index contributed by atoms with van der Waals surface area (Å²) in [5.41, 5.74) is 0.0678. The number of nitriles is 1. The number of carbonyl (C=O) groups is 1. The van der Waals surface area contributed by atoms with E-state index in [9.17, 15) is 18.0 Å². The van der Waals surface area contributed by atoms with Crippen LogP contribution in [0, 0.1) is 24.2 Å². The summed E-state index contributed by atoms with van der Waals surface area (Å²) in [6, 6.07) is 11.9. The predicted molar refractivity (Wildman–Crippen MR) is 115 cm³/mol. The van der Waals surface area contributed by atoms with E-state index in [0.29, 0.717) is 23.7 Å². The number of carboxylic acids is 1. The molecule has 0 fully saturated rings. The molecule has 2 aromatic rings. The highest BCUT2D eigenvalue weighted by atomic mass is 32.2. The molecule has 0 saturated heterocycles. The molecule has 1 unspecified atom stereocenters. The number of halogens is 3. The molecule has 0 aliphatic carbocycles. The first-order valence-corrected chi connectivity index (χ1v) is 10.6. The topological polar surface area (TPSA) is 79.5 Å². The van der Waals surface area contributed by atoms with Gasteiger partial charge in [-0.1, -0.05) is 6.08 Å². The van der Waals surface area contributed by atoms with E-state index in [4.69, 9.17) is 19.8 Å². The molecule has 0 aliphatic rings. The van der Waals surface area contributed by atoms with Crippen LogP contribution in [-0.2, 0) is 11.0 Å². The number of thioether (sulfide) groups is 1. The Bertz CT molecular complexity index is 969. The monoisotopic (exact) mass is 465 g/mol. The second kappa shape index (κ2) is 12.1. The summed E-state index contributed by atoms with van der Waals surface area (Å²) in [6.07, 6.45) is -0.712. The van der Waals surface area contributed by atoms with E-state index in [-0.39, 0.29) is 12.5 Å². The lowest BCUT2D eigenvalue weighted by atomic mass is 10.1. The molecule has 0 heterocycles. The Hall–Kier alpha value is -3.12. The lowest BCUT2D eigenvalue weighted by molar-refractivity contribution is -0.139. The maximum absolute atomic E-state index is 12.7. The van der Waals surface area contributed by atoms with Gasteiger partial charge in [-0.3, -0.25) is 0 Å². The van der Waals surface area contributed by atoms with Gasteiger partial charge >= 0.3 is 12.1 Å². The third-order valence-corrected chi connectivity index (χ3v) is 5.54. The summed E-state index contributed by atoms with van der Waals surface area (Å²) < 4.78 is 49.0. The first-order chi connectivity index (χ1) is 15.2. The van der Waals surface area contributed by atoms with Gasteiger partial charge in [-0.25, -0.2) is 4.79 Å². The van der Waals surface area contributed by atoms with Crippen molar-refractivity contribution < 1.29 is 32.5 Å². The fourth-order valence-corrected chi connectivity index (χ4v) is 3.76. The first-order valence-electron chi connectivity index (χ1n) is 9.61. The minimum absolute atomic E-state index is 0.00938. The van der Waals surface area contributed by atoms with Crippen molar-refractivity contribution in [3.05, 3.63) is 65.7 Å². The van der Waals surface area contributed by atoms with E-state index < -0.39 is 24.3 Å². The minimum Gasteiger partial charge on any atom is -0.493 e. The quantitative estimate of drug-likeness (QED) is 0.337. The van der Waals surface area contributed by atoms with Gasteiger partial charge in [0.1, 0.15) is 11.5 Å². The second-order valence-electron chi connectivity index (χ2n) is 6.89.